The average molecular weight is 282 g/mol. The second-order valence-electron chi connectivity index (χ2n) is 5.25. The van der Waals surface area contributed by atoms with E-state index in [1.54, 1.807) is 0 Å². The van der Waals surface area contributed by atoms with Gasteiger partial charge in [0.1, 0.15) is 0 Å². The molecule has 0 aliphatic carbocycles. The molecule has 0 aliphatic heterocycles. The van der Waals surface area contributed by atoms with Gasteiger partial charge in [-0.05, 0) is 22.9 Å². The molecule has 0 saturated carbocycles. The number of thiophene rings is 1. The Morgan fingerprint density at radius 1 is 1.22 bits per heavy atom. The number of nitrogens with one attached hydrogen (secondary N) is 1. The molecule has 0 spiro atoms. The minimum atomic E-state index is 0.505. The van der Waals surface area contributed by atoms with E-state index in [0.29, 0.717) is 12.0 Å². The Labute approximate surface area is 118 Å². The number of fused-ring (bicyclic) bond motifs is 1. The molecule has 1 aromatic heterocycles. The molecule has 1 heterocycles. The molecular weight excluding hydrogens is 262 g/mol. The number of rotatable bonds is 4. The van der Waals surface area contributed by atoms with Gasteiger partial charge in [-0.3, -0.25) is 0 Å². The van der Waals surface area contributed by atoms with Crippen molar-refractivity contribution in [3.63, 3.8) is 0 Å². The van der Waals surface area contributed by atoms with Gasteiger partial charge in [0.15, 0.2) is 0 Å². The van der Waals surface area contributed by atoms with Crippen molar-refractivity contribution in [1.82, 2.24) is 5.32 Å². The van der Waals surface area contributed by atoms with Crippen LogP contribution in [0.2, 0.25) is 5.02 Å². The van der Waals surface area contributed by atoms with Crippen molar-refractivity contribution in [2.45, 2.75) is 46.2 Å². The van der Waals surface area contributed by atoms with Crippen LogP contribution >= 0.6 is 22.9 Å². The quantitative estimate of drug-likeness (QED) is 0.814. The van der Waals surface area contributed by atoms with E-state index in [1.165, 1.54) is 20.5 Å². The maximum atomic E-state index is 6.30. The third kappa shape index (κ3) is 2.71. The molecule has 2 rings (SSSR count). The van der Waals surface area contributed by atoms with Crippen molar-refractivity contribution in [2.75, 3.05) is 0 Å². The van der Waals surface area contributed by atoms with Gasteiger partial charge in [-0.15, -0.1) is 11.3 Å². The van der Waals surface area contributed by atoms with Crippen LogP contribution in [0.5, 0.6) is 0 Å². The fourth-order valence-electron chi connectivity index (χ4n) is 2.21. The van der Waals surface area contributed by atoms with Gasteiger partial charge in [0.2, 0.25) is 0 Å². The molecule has 0 fully saturated rings. The summed E-state index contributed by atoms with van der Waals surface area (Å²) in [6.45, 7) is 9.79. The maximum absolute atomic E-state index is 6.30. The minimum Gasteiger partial charge on any atom is -0.310 e. The Kier molecular flexibility index (Phi) is 4.31. The zero-order valence-electron chi connectivity index (χ0n) is 11.4. The lowest BCUT2D eigenvalue weighted by Crippen LogP contribution is -2.21. The normalized spacial score (nSPS) is 11.9. The summed E-state index contributed by atoms with van der Waals surface area (Å²) in [5, 5.41) is 5.70. The van der Waals surface area contributed by atoms with Crippen LogP contribution in [0, 0.1) is 0 Å². The first-order chi connectivity index (χ1) is 8.50. The van der Waals surface area contributed by atoms with E-state index in [-0.39, 0.29) is 0 Å². The lowest BCUT2D eigenvalue weighted by molar-refractivity contribution is 0.590. The van der Waals surface area contributed by atoms with Crippen LogP contribution in [0.1, 0.15) is 44.1 Å². The summed E-state index contributed by atoms with van der Waals surface area (Å²) >= 11 is 8.13. The monoisotopic (exact) mass is 281 g/mol. The van der Waals surface area contributed by atoms with Gasteiger partial charge in [0.25, 0.3) is 0 Å². The van der Waals surface area contributed by atoms with E-state index in [4.69, 9.17) is 11.6 Å². The number of halogens is 1. The summed E-state index contributed by atoms with van der Waals surface area (Å²) in [5.41, 5.74) is 1.45. The predicted molar refractivity (Wildman–Crippen MR) is 82.9 cm³/mol. The predicted octanol–water partition coefficient (Wildman–Crippen LogP) is 5.18. The standard InChI is InChI=1S/C15H20ClNS/c1-9(2)14-11-6-5-7-12(16)15(11)18-13(14)8-17-10(3)4/h5-7,9-10,17H,8H2,1-4H3. The van der Waals surface area contributed by atoms with E-state index in [9.17, 15) is 0 Å². The van der Waals surface area contributed by atoms with Crippen LogP contribution < -0.4 is 5.32 Å². The average Bonchev–Trinajstić information content (AvgIpc) is 2.66. The molecule has 0 aliphatic rings. The molecule has 0 atom stereocenters. The first kappa shape index (κ1) is 13.9. The van der Waals surface area contributed by atoms with Gasteiger partial charge >= 0.3 is 0 Å². The zero-order chi connectivity index (χ0) is 13.3. The van der Waals surface area contributed by atoms with Gasteiger partial charge in [0, 0.05) is 17.5 Å². The molecule has 0 saturated heterocycles. The molecular formula is C15H20ClNS. The van der Waals surface area contributed by atoms with Crippen molar-refractivity contribution in [2.24, 2.45) is 0 Å². The molecule has 1 nitrogen and oxygen atoms in total. The summed E-state index contributed by atoms with van der Waals surface area (Å²) in [5.74, 6) is 0.529. The minimum absolute atomic E-state index is 0.505. The molecule has 0 amide bonds. The fourth-order valence-corrected chi connectivity index (χ4v) is 3.82. The molecule has 3 heteroatoms. The topological polar surface area (TPSA) is 12.0 Å². The highest BCUT2D eigenvalue weighted by Gasteiger charge is 2.16. The van der Waals surface area contributed by atoms with Gasteiger partial charge in [-0.25, -0.2) is 0 Å². The Bertz CT molecular complexity index is 543. The van der Waals surface area contributed by atoms with Crippen molar-refractivity contribution in [3.8, 4) is 0 Å². The third-order valence-electron chi connectivity index (χ3n) is 3.03. The van der Waals surface area contributed by atoms with Crippen LogP contribution in [-0.2, 0) is 6.54 Å². The Morgan fingerprint density at radius 2 is 1.94 bits per heavy atom. The van der Waals surface area contributed by atoms with Crippen molar-refractivity contribution >= 4 is 33.0 Å². The molecule has 1 aromatic carbocycles. The summed E-state index contributed by atoms with van der Waals surface area (Å²) in [6, 6.07) is 6.71. The smallest absolute Gasteiger partial charge is 0.0584 e. The Hall–Kier alpha value is -0.570. The fraction of sp³-hybridized carbons (Fsp3) is 0.467. The van der Waals surface area contributed by atoms with Crippen LogP contribution in [0.15, 0.2) is 18.2 Å². The third-order valence-corrected chi connectivity index (χ3v) is 4.71. The van der Waals surface area contributed by atoms with Crippen LogP contribution in [0.25, 0.3) is 10.1 Å². The second-order valence-corrected chi connectivity index (χ2v) is 6.76. The van der Waals surface area contributed by atoms with Gasteiger partial charge in [0.05, 0.1) is 9.72 Å². The molecule has 0 bridgehead atoms. The highest BCUT2D eigenvalue weighted by atomic mass is 35.5. The van der Waals surface area contributed by atoms with E-state index >= 15 is 0 Å². The SMILES string of the molecule is CC(C)NCc1sc2c(Cl)cccc2c1C(C)C. The first-order valence-corrected chi connectivity index (χ1v) is 7.63. The number of hydrogen-bond acceptors (Lipinski definition) is 2. The van der Waals surface area contributed by atoms with Crippen molar-refractivity contribution in [1.29, 1.82) is 0 Å². The highest BCUT2D eigenvalue weighted by molar-refractivity contribution is 7.20. The maximum Gasteiger partial charge on any atom is 0.0584 e. The first-order valence-electron chi connectivity index (χ1n) is 6.44. The Morgan fingerprint density at radius 3 is 2.56 bits per heavy atom. The molecule has 18 heavy (non-hydrogen) atoms. The van der Waals surface area contributed by atoms with Gasteiger partial charge in [-0.1, -0.05) is 51.4 Å². The molecule has 1 N–H and O–H groups in total. The molecule has 2 aromatic rings. The molecule has 0 radical (unpaired) electrons. The lowest BCUT2D eigenvalue weighted by atomic mass is 9.99. The summed E-state index contributed by atoms with van der Waals surface area (Å²) < 4.78 is 1.23. The zero-order valence-corrected chi connectivity index (χ0v) is 13.0. The number of benzene rings is 1. The van der Waals surface area contributed by atoms with Crippen LogP contribution in [0.4, 0.5) is 0 Å². The lowest BCUT2D eigenvalue weighted by Gasteiger charge is -2.11. The van der Waals surface area contributed by atoms with Gasteiger partial charge in [-0.2, -0.15) is 0 Å². The van der Waals surface area contributed by atoms with Crippen LogP contribution in [0.3, 0.4) is 0 Å². The molecule has 0 unspecified atom stereocenters. The van der Waals surface area contributed by atoms with Crippen molar-refractivity contribution in [3.05, 3.63) is 33.7 Å². The summed E-state index contributed by atoms with van der Waals surface area (Å²) in [7, 11) is 0. The Balaban J connectivity index is 2.51. The molecule has 98 valence electrons. The highest BCUT2D eigenvalue weighted by Crippen LogP contribution is 2.39. The summed E-state index contributed by atoms with van der Waals surface area (Å²) in [4.78, 5) is 1.42. The van der Waals surface area contributed by atoms with Gasteiger partial charge < -0.3 is 5.32 Å². The second kappa shape index (κ2) is 5.60. The number of hydrogen-bond donors (Lipinski definition) is 1. The van der Waals surface area contributed by atoms with E-state index in [2.05, 4.69) is 39.1 Å². The van der Waals surface area contributed by atoms with E-state index in [1.807, 2.05) is 23.5 Å². The van der Waals surface area contributed by atoms with Crippen molar-refractivity contribution < 1.29 is 0 Å². The van der Waals surface area contributed by atoms with E-state index in [0.717, 1.165) is 11.6 Å². The largest absolute Gasteiger partial charge is 0.310 e. The summed E-state index contributed by atoms with van der Waals surface area (Å²) in [6.07, 6.45) is 0. The van der Waals surface area contributed by atoms with Crippen LogP contribution in [-0.4, -0.2) is 6.04 Å². The van der Waals surface area contributed by atoms with E-state index < -0.39 is 0 Å².